The molecule has 112 valence electrons. The van der Waals surface area contributed by atoms with E-state index in [0.717, 1.165) is 19.6 Å². The van der Waals surface area contributed by atoms with Crippen molar-refractivity contribution in [2.45, 2.75) is 33.2 Å². The Balaban J connectivity index is 2.11. The van der Waals surface area contributed by atoms with Gasteiger partial charge in [0, 0.05) is 44.6 Å². The number of hydrogen-bond donors (Lipinski definition) is 1. The summed E-state index contributed by atoms with van der Waals surface area (Å²) in [7, 11) is 4.23. The first kappa shape index (κ1) is 15.2. The molecule has 2 atom stereocenters. The molecule has 1 aromatic rings. The van der Waals surface area contributed by atoms with E-state index in [4.69, 9.17) is 0 Å². The molecular weight excluding hydrogens is 246 g/mol. The highest BCUT2D eigenvalue weighted by molar-refractivity contribution is 5.63. The van der Waals surface area contributed by atoms with Crippen LogP contribution in [0.4, 0.5) is 11.4 Å². The summed E-state index contributed by atoms with van der Waals surface area (Å²) < 4.78 is 0. The van der Waals surface area contributed by atoms with Crippen molar-refractivity contribution in [1.82, 2.24) is 5.32 Å². The minimum absolute atomic E-state index is 0.676. The second-order valence-corrected chi connectivity index (χ2v) is 6.24. The lowest BCUT2D eigenvalue weighted by atomic mass is 9.93. The van der Waals surface area contributed by atoms with Crippen molar-refractivity contribution in [3.8, 4) is 0 Å². The van der Waals surface area contributed by atoms with Gasteiger partial charge in [-0.2, -0.15) is 0 Å². The Morgan fingerprint density at radius 2 is 2.10 bits per heavy atom. The molecule has 0 aliphatic carbocycles. The van der Waals surface area contributed by atoms with Crippen molar-refractivity contribution < 1.29 is 0 Å². The summed E-state index contributed by atoms with van der Waals surface area (Å²) in [5, 5.41) is 3.61. The fraction of sp³-hybridized carbons (Fsp3) is 0.647. The van der Waals surface area contributed by atoms with Crippen LogP contribution in [0.2, 0.25) is 0 Å². The van der Waals surface area contributed by atoms with Crippen molar-refractivity contribution in [3.63, 3.8) is 0 Å². The van der Waals surface area contributed by atoms with Crippen LogP contribution in [-0.4, -0.2) is 39.8 Å². The number of benzene rings is 1. The molecule has 3 nitrogen and oxygen atoms in total. The number of aryl methyl sites for hydroxylation is 1. The van der Waals surface area contributed by atoms with Gasteiger partial charge < -0.3 is 15.1 Å². The van der Waals surface area contributed by atoms with Gasteiger partial charge in [0.05, 0.1) is 0 Å². The summed E-state index contributed by atoms with van der Waals surface area (Å²) in [5.41, 5.74) is 4.03. The molecule has 1 fully saturated rings. The maximum Gasteiger partial charge on any atom is 0.0411 e. The summed E-state index contributed by atoms with van der Waals surface area (Å²) in [5.74, 6) is 0.702. The zero-order valence-electron chi connectivity index (χ0n) is 13.6. The molecule has 2 rings (SSSR count). The average Bonchev–Trinajstić information content (AvgIpc) is 2.41. The van der Waals surface area contributed by atoms with E-state index in [2.05, 4.69) is 68.2 Å². The van der Waals surface area contributed by atoms with E-state index in [0.29, 0.717) is 12.0 Å². The zero-order valence-corrected chi connectivity index (χ0v) is 13.6. The lowest BCUT2D eigenvalue weighted by Gasteiger charge is -2.39. The number of nitrogens with one attached hydrogen (secondary N) is 1. The summed E-state index contributed by atoms with van der Waals surface area (Å²) in [4.78, 5) is 4.73. The highest BCUT2D eigenvalue weighted by Gasteiger charge is 2.25. The number of piperidine rings is 1. The van der Waals surface area contributed by atoms with Crippen molar-refractivity contribution in [3.05, 3.63) is 23.8 Å². The summed E-state index contributed by atoms with van der Waals surface area (Å²) in [6.07, 6.45) is 1.24. The Kier molecular flexibility index (Phi) is 4.92. The van der Waals surface area contributed by atoms with Crippen LogP contribution in [0.3, 0.4) is 0 Å². The van der Waals surface area contributed by atoms with Crippen molar-refractivity contribution >= 4 is 11.4 Å². The lowest BCUT2D eigenvalue weighted by Crippen LogP contribution is -2.48. The molecule has 0 aromatic heterocycles. The van der Waals surface area contributed by atoms with Crippen molar-refractivity contribution in [1.29, 1.82) is 0 Å². The first-order valence-corrected chi connectivity index (χ1v) is 7.79. The molecule has 20 heavy (non-hydrogen) atoms. The predicted octanol–water partition coefficient (Wildman–Crippen LogP) is 2.89. The number of nitrogens with zero attached hydrogens (tertiary/aromatic N) is 2. The van der Waals surface area contributed by atoms with Gasteiger partial charge in [0.25, 0.3) is 0 Å². The van der Waals surface area contributed by atoms with Gasteiger partial charge in [0.15, 0.2) is 0 Å². The Labute approximate surface area is 124 Å². The van der Waals surface area contributed by atoms with Crippen molar-refractivity contribution in [2.75, 3.05) is 43.5 Å². The van der Waals surface area contributed by atoms with E-state index in [1.54, 1.807) is 0 Å². The SMILES string of the molecule is CCNC1CCN(c2ccc(C)c(N(C)C)c2)CC1C. The first-order chi connectivity index (χ1) is 9.52. The van der Waals surface area contributed by atoms with Crippen LogP contribution in [0.15, 0.2) is 18.2 Å². The van der Waals surface area contributed by atoms with Crippen LogP contribution in [0.5, 0.6) is 0 Å². The van der Waals surface area contributed by atoms with E-state index < -0.39 is 0 Å². The van der Waals surface area contributed by atoms with Crippen molar-refractivity contribution in [2.24, 2.45) is 5.92 Å². The van der Waals surface area contributed by atoms with E-state index in [-0.39, 0.29) is 0 Å². The van der Waals surface area contributed by atoms with E-state index in [1.165, 1.54) is 23.4 Å². The number of rotatable bonds is 4. The molecule has 1 saturated heterocycles. The van der Waals surface area contributed by atoms with Gasteiger partial charge in [-0.3, -0.25) is 0 Å². The Morgan fingerprint density at radius 1 is 1.35 bits per heavy atom. The highest BCUT2D eigenvalue weighted by atomic mass is 15.2. The van der Waals surface area contributed by atoms with Gasteiger partial charge >= 0.3 is 0 Å². The van der Waals surface area contributed by atoms with E-state index in [1.807, 2.05) is 0 Å². The predicted molar refractivity (Wildman–Crippen MR) is 89.0 cm³/mol. The molecule has 0 radical (unpaired) electrons. The molecule has 0 spiro atoms. The van der Waals surface area contributed by atoms with Gasteiger partial charge in [0.2, 0.25) is 0 Å². The highest BCUT2D eigenvalue weighted by Crippen LogP contribution is 2.28. The third-order valence-electron chi connectivity index (χ3n) is 4.41. The summed E-state index contributed by atoms with van der Waals surface area (Å²) >= 11 is 0. The normalized spacial score (nSPS) is 22.9. The maximum absolute atomic E-state index is 3.61. The Morgan fingerprint density at radius 3 is 2.70 bits per heavy atom. The molecule has 2 unspecified atom stereocenters. The second-order valence-electron chi connectivity index (χ2n) is 6.24. The van der Waals surface area contributed by atoms with Crippen LogP contribution >= 0.6 is 0 Å². The topological polar surface area (TPSA) is 18.5 Å². The minimum Gasteiger partial charge on any atom is -0.377 e. The first-order valence-electron chi connectivity index (χ1n) is 7.79. The van der Waals surface area contributed by atoms with Crippen LogP contribution in [-0.2, 0) is 0 Å². The number of anilines is 2. The second kappa shape index (κ2) is 6.49. The summed E-state index contributed by atoms with van der Waals surface area (Å²) in [6, 6.07) is 7.51. The summed E-state index contributed by atoms with van der Waals surface area (Å²) in [6.45, 7) is 10.1. The van der Waals surface area contributed by atoms with Crippen LogP contribution in [0.25, 0.3) is 0 Å². The van der Waals surface area contributed by atoms with Gasteiger partial charge in [-0.05, 0) is 43.5 Å². The average molecular weight is 275 g/mol. The van der Waals surface area contributed by atoms with Crippen LogP contribution < -0.4 is 15.1 Å². The molecule has 1 N–H and O–H groups in total. The molecule has 1 aliphatic rings. The van der Waals surface area contributed by atoms with Crippen LogP contribution in [0, 0.1) is 12.8 Å². The fourth-order valence-electron chi connectivity index (χ4n) is 3.22. The van der Waals surface area contributed by atoms with Crippen LogP contribution in [0.1, 0.15) is 25.8 Å². The fourth-order valence-corrected chi connectivity index (χ4v) is 3.22. The minimum atomic E-state index is 0.676. The third kappa shape index (κ3) is 3.26. The molecular formula is C17H29N3. The Bertz CT molecular complexity index is 442. The smallest absolute Gasteiger partial charge is 0.0411 e. The molecule has 1 heterocycles. The molecule has 1 aliphatic heterocycles. The standard InChI is InChI=1S/C17H29N3/c1-6-18-16-9-10-20(12-14(16)3)15-8-7-13(2)17(11-15)19(4)5/h7-8,11,14,16,18H,6,9-10,12H2,1-5H3. The van der Waals surface area contributed by atoms with Gasteiger partial charge in [-0.1, -0.05) is 19.9 Å². The molecule has 1 aromatic carbocycles. The quantitative estimate of drug-likeness (QED) is 0.911. The molecule has 0 saturated carbocycles. The van der Waals surface area contributed by atoms with Gasteiger partial charge in [-0.25, -0.2) is 0 Å². The monoisotopic (exact) mass is 275 g/mol. The molecule has 0 amide bonds. The Hall–Kier alpha value is -1.22. The van der Waals surface area contributed by atoms with Gasteiger partial charge in [-0.15, -0.1) is 0 Å². The molecule has 0 bridgehead atoms. The van der Waals surface area contributed by atoms with E-state index in [9.17, 15) is 0 Å². The lowest BCUT2D eigenvalue weighted by molar-refractivity contribution is 0.327. The zero-order chi connectivity index (χ0) is 14.7. The third-order valence-corrected chi connectivity index (χ3v) is 4.41. The number of hydrogen-bond acceptors (Lipinski definition) is 3. The van der Waals surface area contributed by atoms with Gasteiger partial charge in [0.1, 0.15) is 0 Å². The van der Waals surface area contributed by atoms with E-state index >= 15 is 0 Å². The largest absolute Gasteiger partial charge is 0.377 e. The molecule has 3 heteroatoms. The maximum atomic E-state index is 3.61.